The first-order chi connectivity index (χ1) is 10.8. The second kappa shape index (κ2) is 7.22. The van der Waals surface area contributed by atoms with Crippen LogP contribution in [0.3, 0.4) is 0 Å². The summed E-state index contributed by atoms with van der Waals surface area (Å²) in [7, 11) is 0. The van der Waals surface area contributed by atoms with Gasteiger partial charge in [-0.2, -0.15) is 0 Å². The molecule has 0 radical (unpaired) electrons. The van der Waals surface area contributed by atoms with Crippen LogP contribution in [-0.2, 0) is 0 Å². The molecule has 22 heavy (non-hydrogen) atoms. The van der Waals surface area contributed by atoms with Crippen molar-refractivity contribution in [3.8, 4) is 5.88 Å². The molecule has 1 aliphatic carbocycles. The molecule has 0 aliphatic heterocycles. The van der Waals surface area contributed by atoms with E-state index in [0.29, 0.717) is 5.88 Å². The van der Waals surface area contributed by atoms with Crippen LogP contribution in [0.4, 0.5) is 9.80 Å². The summed E-state index contributed by atoms with van der Waals surface area (Å²) in [6.45, 7) is 0. The number of ether oxygens (including phenoxy) is 1. The zero-order valence-electron chi connectivity index (χ0n) is 12.1. The van der Waals surface area contributed by atoms with Gasteiger partial charge in [0.05, 0.1) is 11.2 Å². The lowest BCUT2D eigenvalue weighted by Gasteiger charge is -2.29. The predicted molar refractivity (Wildman–Crippen MR) is 85.2 cm³/mol. The molecule has 2 heterocycles. The monoisotopic (exact) mass is 318 g/mol. The van der Waals surface area contributed by atoms with Crippen molar-refractivity contribution in [3.63, 3.8) is 0 Å². The highest BCUT2D eigenvalue weighted by Gasteiger charge is 2.24. The molecule has 6 nitrogen and oxygen atoms in total. The van der Waals surface area contributed by atoms with Crippen LogP contribution in [0.1, 0.15) is 25.7 Å². The molecule has 2 aromatic heterocycles. The number of anilines is 1. The Hall–Kier alpha value is -2.15. The topological polar surface area (TPSA) is 76.1 Å². The van der Waals surface area contributed by atoms with Crippen molar-refractivity contribution in [2.45, 2.75) is 37.8 Å². The van der Waals surface area contributed by atoms with E-state index in [4.69, 9.17) is 4.74 Å². The minimum atomic E-state index is -0.138. The van der Waals surface area contributed by atoms with Gasteiger partial charge < -0.3 is 10.1 Å². The van der Waals surface area contributed by atoms with Crippen LogP contribution in [0, 0.1) is 0 Å². The maximum absolute atomic E-state index is 11.9. The summed E-state index contributed by atoms with van der Waals surface area (Å²) in [5.74, 6) is 0.564. The van der Waals surface area contributed by atoms with Crippen molar-refractivity contribution in [1.29, 1.82) is 0 Å². The Morgan fingerprint density at radius 2 is 2.14 bits per heavy atom. The van der Waals surface area contributed by atoms with Gasteiger partial charge in [0.25, 0.3) is 0 Å². The molecule has 116 valence electrons. The van der Waals surface area contributed by atoms with Gasteiger partial charge in [0.2, 0.25) is 5.88 Å². The first kappa shape index (κ1) is 14.8. The molecule has 0 saturated heterocycles. The largest absolute Gasteiger partial charge is 0.473 e. The average Bonchev–Trinajstić information content (AvgIpc) is 3.03. The zero-order chi connectivity index (χ0) is 15.2. The second-order valence-corrected chi connectivity index (χ2v) is 6.16. The molecule has 0 bridgehead atoms. The molecule has 3 rings (SSSR count). The van der Waals surface area contributed by atoms with E-state index in [2.05, 4.69) is 20.6 Å². The van der Waals surface area contributed by atoms with E-state index in [-0.39, 0.29) is 18.2 Å². The Morgan fingerprint density at radius 1 is 1.27 bits per heavy atom. The third-order valence-corrected chi connectivity index (χ3v) is 4.38. The molecule has 1 fully saturated rings. The molecule has 7 heteroatoms. The van der Waals surface area contributed by atoms with Gasteiger partial charge in [0.15, 0.2) is 0 Å². The number of carbonyl (C=O) groups is 1. The molecule has 2 N–H and O–H groups in total. The molecule has 0 aromatic carbocycles. The number of hydrogen-bond acceptors (Lipinski definition) is 5. The number of amides is 2. The molecule has 0 spiro atoms. The summed E-state index contributed by atoms with van der Waals surface area (Å²) >= 11 is 1.51. The number of nitrogens with one attached hydrogen (secondary N) is 2. The van der Waals surface area contributed by atoms with Gasteiger partial charge >= 0.3 is 6.03 Å². The molecule has 0 atom stereocenters. The number of urea groups is 1. The number of carbonyl (C=O) groups excluding carboxylic acids is 1. The predicted octanol–water partition coefficient (Wildman–Crippen LogP) is 3.05. The standard InChI is InChI=1S/C15H18N4O2S/c20-15(19-14-2-1-9-22-14)18-11-3-5-12(6-4-11)21-13-10-16-7-8-17-13/h1-2,7-12H,3-6H2,(H2,18,19,20). The van der Waals surface area contributed by atoms with Gasteiger partial charge in [0, 0.05) is 18.4 Å². The van der Waals surface area contributed by atoms with Crippen molar-refractivity contribution in [2.24, 2.45) is 0 Å². The minimum absolute atomic E-state index is 0.138. The summed E-state index contributed by atoms with van der Waals surface area (Å²) in [4.78, 5) is 20.0. The molecular formula is C15H18N4O2S. The van der Waals surface area contributed by atoms with E-state index in [1.165, 1.54) is 11.3 Å². The van der Waals surface area contributed by atoms with Crippen LogP contribution in [0.15, 0.2) is 36.1 Å². The molecule has 2 aromatic rings. The lowest BCUT2D eigenvalue weighted by Crippen LogP contribution is -2.41. The maximum Gasteiger partial charge on any atom is 0.320 e. The Kier molecular flexibility index (Phi) is 4.85. The van der Waals surface area contributed by atoms with Crippen molar-refractivity contribution in [2.75, 3.05) is 5.32 Å². The highest BCUT2D eigenvalue weighted by Crippen LogP contribution is 2.23. The quantitative estimate of drug-likeness (QED) is 0.908. The fraction of sp³-hybridized carbons (Fsp3) is 0.400. The van der Waals surface area contributed by atoms with Crippen molar-refractivity contribution in [3.05, 3.63) is 36.1 Å². The van der Waals surface area contributed by atoms with Gasteiger partial charge in [0.1, 0.15) is 6.10 Å². The maximum atomic E-state index is 11.9. The van der Waals surface area contributed by atoms with Crippen LogP contribution in [0.2, 0.25) is 0 Å². The van der Waals surface area contributed by atoms with E-state index in [1.54, 1.807) is 18.6 Å². The summed E-state index contributed by atoms with van der Waals surface area (Å²) in [5, 5.41) is 8.65. The number of aromatic nitrogens is 2. The van der Waals surface area contributed by atoms with E-state index in [9.17, 15) is 4.79 Å². The van der Waals surface area contributed by atoms with Crippen LogP contribution < -0.4 is 15.4 Å². The van der Waals surface area contributed by atoms with E-state index < -0.39 is 0 Å². The smallest absolute Gasteiger partial charge is 0.320 e. The van der Waals surface area contributed by atoms with Crippen LogP contribution in [0.25, 0.3) is 0 Å². The van der Waals surface area contributed by atoms with E-state index in [1.807, 2.05) is 17.5 Å². The van der Waals surface area contributed by atoms with E-state index in [0.717, 1.165) is 30.7 Å². The van der Waals surface area contributed by atoms with E-state index >= 15 is 0 Å². The normalized spacial score (nSPS) is 21.1. The Labute approximate surface area is 132 Å². The van der Waals surface area contributed by atoms with Gasteiger partial charge in [-0.15, -0.1) is 11.3 Å². The molecule has 1 saturated carbocycles. The second-order valence-electron chi connectivity index (χ2n) is 5.21. The number of rotatable bonds is 4. The van der Waals surface area contributed by atoms with Gasteiger partial charge in [-0.25, -0.2) is 9.78 Å². The van der Waals surface area contributed by atoms with Crippen molar-refractivity contribution >= 4 is 22.4 Å². The molecule has 2 amide bonds. The van der Waals surface area contributed by atoms with Crippen molar-refractivity contribution < 1.29 is 9.53 Å². The van der Waals surface area contributed by atoms with Gasteiger partial charge in [-0.1, -0.05) is 0 Å². The highest BCUT2D eigenvalue weighted by atomic mass is 32.1. The van der Waals surface area contributed by atoms with Gasteiger partial charge in [-0.05, 0) is 43.2 Å². The Balaban J connectivity index is 1.41. The summed E-state index contributed by atoms with van der Waals surface area (Å²) in [6, 6.07) is 3.85. The van der Waals surface area contributed by atoms with Crippen molar-refractivity contribution in [1.82, 2.24) is 15.3 Å². The van der Waals surface area contributed by atoms with Crippen LogP contribution >= 0.6 is 11.3 Å². The Morgan fingerprint density at radius 3 is 2.82 bits per heavy atom. The molecule has 1 aliphatic rings. The fourth-order valence-corrected chi connectivity index (χ4v) is 3.14. The number of nitrogens with zero attached hydrogens (tertiary/aromatic N) is 2. The summed E-state index contributed by atoms with van der Waals surface area (Å²) < 4.78 is 5.79. The average molecular weight is 318 g/mol. The minimum Gasteiger partial charge on any atom is -0.473 e. The highest BCUT2D eigenvalue weighted by molar-refractivity contribution is 7.14. The first-order valence-corrected chi connectivity index (χ1v) is 8.21. The third kappa shape index (κ3) is 4.17. The lowest BCUT2D eigenvalue weighted by molar-refractivity contribution is 0.135. The molecular weight excluding hydrogens is 300 g/mol. The molecule has 0 unspecified atom stereocenters. The number of thiophene rings is 1. The SMILES string of the molecule is O=C(Nc1cccs1)NC1CCC(Oc2cnccn2)CC1. The Bertz CT molecular complexity index is 583. The summed E-state index contributed by atoms with van der Waals surface area (Å²) in [5.41, 5.74) is 0. The van der Waals surface area contributed by atoms with Crippen LogP contribution in [-0.4, -0.2) is 28.1 Å². The third-order valence-electron chi connectivity index (χ3n) is 3.59. The lowest BCUT2D eigenvalue weighted by atomic mass is 9.93. The zero-order valence-corrected chi connectivity index (χ0v) is 12.9. The number of hydrogen-bond donors (Lipinski definition) is 2. The summed E-state index contributed by atoms with van der Waals surface area (Å²) in [6.07, 6.45) is 8.64. The van der Waals surface area contributed by atoms with Gasteiger partial charge in [-0.3, -0.25) is 10.3 Å². The first-order valence-electron chi connectivity index (χ1n) is 7.33. The fourth-order valence-electron chi connectivity index (χ4n) is 2.53. The van der Waals surface area contributed by atoms with Crippen LogP contribution in [0.5, 0.6) is 5.88 Å².